The molecule has 11 heteroatoms. The molecule has 4 unspecified atom stereocenters. The zero-order chi connectivity index (χ0) is 22.0. The molecule has 28 heavy (non-hydrogen) atoms. The first-order valence-electron chi connectivity index (χ1n) is 8.98. The average Bonchev–Trinajstić information content (AvgIpc) is 2.61. The van der Waals surface area contributed by atoms with Crippen molar-refractivity contribution in [3.63, 3.8) is 0 Å². The van der Waals surface area contributed by atoms with Gasteiger partial charge in [-0.15, -0.1) is 0 Å². The van der Waals surface area contributed by atoms with Gasteiger partial charge in [-0.3, -0.25) is 19.2 Å². The molecule has 0 spiro atoms. The van der Waals surface area contributed by atoms with Crippen LogP contribution in [0.3, 0.4) is 0 Å². The van der Waals surface area contributed by atoms with Crippen LogP contribution in [0, 0.1) is 11.8 Å². The van der Waals surface area contributed by atoms with Crippen LogP contribution in [0.1, 0.15) is 40.5 Å². The van der Waals surface area contributed by atoms with Crippen molar-refractivity contribution in [2.45, 2.75) is 58.7 Å². The number of nitrogens with two attached hydrogens (primary N) is 1. The van der Waals surface area contributed by atoms with Gasteiger partial charge in [0, 0.05) is 0 Å². The average molecular weight is 402 g/mol. The summed E-state index contributed by atoms with van der Waals surface area (Å²) in [4.78, 5) is 58.4. The fraction of sp³-hybridized carbons (Fsp3) is 0.706. The minimum absolute atomic E-state index is 0.151. The van der Waals surface area contributed by atoms with E-state index in [9.17, 15) is 29.1 Å². The maximum atomic E-state index is 12.3. The number of carbonyl (C=O) groups is 5. The van der Waals surface area contributed by atoms with Crippen molar-refractivity contribution in [1.29, 1.82) is 0 Å². The second-order valence-corrected chi connectivity index (χ2v) is 6.92. The molecule has 0 fully saturated rings. The minimum Gasteiger partial charge on any atom is -0.481 e. The predicted molar refractivity (Wildman–Crippen MR) is 99.0 cm³/mol. The van der Waals surface area contributed by atoms with Gasteiger partial charge in [-0.1, -0.05) is 34.1 Å². The van der Waals surface area contributed by atoms with Crippen LogP contribution in [-0.4, -0.2) is 64.5 Å². The zero-order valence-electron chi connectivity index (χ0n) is 16.5. The Morgan fingerprint density at radius 3 is 1.96 bits per heavy atom. The van der Waals surface area contributed by atoms with Gasteiger partial charge in [0.2, 0.25) is 17.7 Å². The molecule has 11 nitrogen and oxygen atoms in total. The van der Waals surface area contributed by atoms with Crippen molar-refractivity contribution in [2.24, 2.45) is 17.6 Å². The Labute approximate surface area is 163 Å². The Kier molecular flexibility index (Phi) is 10.8. The third kappa shape index (κ3) is 8.80. The maximum Gasteiger partial charge on any atom is 0.326 e. The summed E-state index contributed by atoms with van der Waals surface area (Å²) in [6.45, 7) is 6.32. The lowest BCUT2D eigenvalue weighted by Gasteiger charge is -2.24. The van der Waals surface area contributed by atoms with Crippen LogP contribution >= 0.6 is 0 Å². The molecule has 0 aliphatic carbocycles. The number of carboxylic acids is 2. The van der Waals surface area contributed by atoms with Crippen molar-refractivity contribution >= 4 is 29.7 Å². The molecule has 4 atom stereocenters. The smallest absolute Gasteiger partial charge is 0.326 e. The SMILES string of the molecule is CCC(C)C(NC(=O)C(CC(=O)O)NC(=O)CNC(=O)C(N)C(C)C)C(=O)O. The third-order valence-corrected chi connectivity index (χ3v) is 4.25. The van der Waals surface area contributed by atoms with E-state index in [0.29, 0.717) is 6.42 Å². The minimum atomic E-state index is -1.49. The van der Waals surface area contributed by atoms with Crippen LogP contribution in [-0.2, 0) is 24.0 Å². The van der Waals surface area contributed by atoms with E-state index in [1.54, 1.807) is 27.7 Å². The molecule has 7 N–H and O–H groups in total. The van der Waals surface area contributed by atoms with Crippen LogP contribution in [0.5, 0.6) is 0 Å². The number of rotatable bonds is 12. The number of hydrogen-bond acceptors (Lipinski definition) is 6. The predicted octanol–water partition coefficient (Wildman–Crippen LogP) is -1.34. The first kappa shape index (κ1) is 25.3. The summed E-state index contributed by atoms with van der Waals surface area (Å²) in [6.07, 6.45) is -0.279. The van der Waals surface area contributed by atoms with Crippen molar-refractivity contribution in [1.82, 2.24) is 16.0 Å². The molecular weight excluding hydrogens is 372 g/mol. The molecule has 0 rings (SSSR count). The number of amides is 3. The summed E-state index contributed by atoms with van der Waals surface area (Å²) in [7, 11) is 0. The van der Waals surface area contributed by atoms with Gasteiger partial charge < -0.3 is 31.9 Å². The third-order valence-electron chi connectivity index (χ3n) is 4.25. The molecule has 0 bridgehead atoms. The van der Waals surface area contributed by atoms with Gasteiger partial charge in [-0.05, 0) is 11.8 Å². The van der Waals surface area contributed by atoms with Crippen LogP contribution in [0.4, 0.5) is 0 Å². The van der Waals surface area contributed by atoms with Crippen LogP contribution in [0.2, 0.25) is 0 Å². The van der Waals surface area contributed by atoms with E-state index >= 15 is 0 Å². The van der Waals surface area contributed by atoms with Crippen LogP contribution < -0.4 is 21.7 Å². The number of hydrogen-bond donors (Lipinski definition) is 6. The Hall–Kier alpha value is -2.69. The Morgan fingerprint density at radius 2 is 1.54 bits per heavy atom. The van der Waals surface area contributed by atoms with E-state index in [1.807, 2.05) is 0 Å². The van der Waals surface area contributed by atoms with E-state index in [-0.39, 0.29) is 5.92 Å². The van der Waals surface area contributed by atoms with Crippen LogP contribution in [0.25, 0.3) is 0 Å². The second kappa shape index (κ2) is 11.9. The summed E-state index contributed by atoms with van der Waals surface area (Å²) >= 11 is 0. The highest BCUT2D eigenvalue weighted by atomic mass is 16.4. The van der Waals surface area contributed by atoms with Gasteiger partial charge in [0.15, 0.2) is 0 Å². The first-order chi connectivity index (χ1) is 12.9. The number of carbonyl (C=O) groups excluding carboxylic acids is 3. The van der Waals surface area contributed by atoms with Crippen molar-refractivity contribution in [2.75, 3.05) is 6.54 Å². The van der Waals surface area contributed by atoms with E-state index in [2.05, 4.69) is 16.0 Å². The van der Waals surface area contributed by atoms with E-state index in [1.165, 1.54) is 0 Å². The van der Waals surface area contributed by atoms with Gasteiger partial charge >= 0.3 is 11.9 Å². The van der Waals surface area contributed by atoms with Gasteiger partial charge in [0.05, 0.1) is 19.0 Å². The van der Waals surface area contributed by atoms with Gasteiger partial charge in [-0.2, -0.15) is 0 Å². The monoisotopic (exact) mass is 402 g/mol. The normalized spacial score (nSPS) is 15.1. The lowest BCUT2D eigenvalue weighted by atomic mass is 9.98. The van der Waals surface area contributed by atoms with Crippen molar-refractivity contribution in [3.8, 4) is 0 Å². The fourth-order valence-corrected chi connectivity index (χ4v) is 2.15. The number of nitrogens with one attached hydrogen (secondary N) is 3. The molecular formula is C17H30N4O7. The van der Waals surface area contributed by atoms with Gasteiger partial charge in [0.25, 0.3) is 0 Å². The first-order valence-corrected chi connectivity index (χ1v) is 8.98. The molecule has 0 aromatic carbocycles. The quantitative estimate of drug-likeness (QED) is 0.231. The Morgan fingerprint density at radius 1 is 0.964 bits per heavy atom. The molecule has 0 aliphatic heterocycles. The zero-order valence-corrected chi connectivity index (χ0v) is 16.5. The topological polar surface area (TPSA) is 188 Å². The Balaban J connectivity index is 4.99. The van der Waals surface area contributed by atoms with Crippen molar-refractivity contribution in [3.05, 3.63) is 0 Å². The summed E-state index contributed by atoms with van der Waals surface area (Å²) in [5, 5.41) is 24.9. The highest BCUT2D eigenvalue weighted by Gasteiger charge is 2.30. The lowest BCUT2D eigenvalue weighted by molar-refractivity contribution is -0.144. The molecule has 0 saturated carbocycles. The van der Waals surface area contributed by atoms with E-state index in [0.717, 1.165) is 0 Å². The van der Waals surface area contributed by atoms with E-state index in [4.69, 9.17) is 10.8 Å². The van der Waals surface area contributed by atoms with Crippen LogP contribution in [0.15, 0.2) is 0 Å². The summed E-state index contributed by atoms with van der Waals surface area (Å²) < 4.78 is 0. The van der Waals surface area contributed by atoms with Crippen molar-refractivity contribution < 1.29 is 34.2 Å². The molecule has 0 saturated heterocycles. The summed E-state index contributed by atoms with van der Waals surface area (Å²) in [6, 6.07) is -3.54. The molecule has 0 radical (unpaired) electrons. The van der Waals surface area contributed by atoms with E-state index < -0.39 is 66.7 Å². The largest absolute Gasteiger partial charge is 0.481 e. The molecule has 0 aromatic rings. The lowest BCUT2D eigenvalue weighted by Crippen LogP contribution is -2.55. The van der Waals surface area contributed by atoms with Gasteiger partial charge in [-0.25, -0.2) is 4.79 Å². The summed E-state index contributed by atoms with van der Waals surface area (Å²) in [5.74, 6) is -5.48. The fourth-order valence-electron chi connectivity index (χ4n) is 2.15. The molecule has 160 valence electrons. The molecule has 0 heterocycles. The Bertz CT molecular complexity index is 594. The molecule has 0 aromatic heterocycles. The number of aliphatic carboxylic acids is 2. The summed E-state index contributed by atoms with van der Waals surface area (Å²) in [5.41, 5.74) is 5.65. The maximum absolute atomic E-state index is 12.3. The molecule has 0 aliphatic rings. The second-order valence-electron chi connectivity index (χ2n) is 6.92. The number of carboxylic acid groups (broad SMARTS) is 2. The highest BCUT2D eigenvalue weighted by molar-refractivity contribution is 5.94. The molecule has 3 amide bonds. The standard InChI is InChI=1S/C17H30N4O7/c1-5-9(4)14(17(27)28)21-15(25)10(6-12(23)24)20-11(22)7-19-16(26)13(18)8(2)3/h8-10,13-14H,5-7,18H2,1-4H3,(H,19,26)(H,20,22)(H,21,25)(H,23,24)(H,27,28). The highest BCUT2D eigenvalue weighted by Crippen LogP contribution is 2.08. The van der Waals surface area contributed by atoms with Gasteiger partial charge in [0.1, 0.15) is 12.1 Å².